The standard InChI is InChI=1S/C29H33BrN4O5/c30-26-17-20(1-7-28(26)38-24-9-13-31-14-10-24)19-33-15-11-22(12-16-33)32-29(35)18-25-6-8-27(39-25)21-2-4-23(5-3-21)34(36)37/h1-8,17,22,24,31H,9-16,18-19H2,(H,32,35). The smallest absolute Gasteiger partial charge is 0.269 e. The average molecular weight is 598 g/mol. The number of non-ortho nitro benzene ring substituents is 1. The molecular formula is C29H33BrN4O5. The summed E-state index contributed by atoms with van der Waals surface area (Å²) >= 11 is 3.69. The van der Waals surface area contributed by atoms with Crippen LogP contribution in [0.15, 0.2) is 63.5 Å². The third-order valence-corrected chi connectivity index (χ3v) is 7.91. The number of benzene rings is 2. The van der Waals surface area contributed by atoms with Gasteiger partial charge in [0.15, 0.2) is 0 Å². The fourth-order valence-electron chi connectivity index (χ4n) is 5.14. The van der Waals surface area contributed by atoms with Crippen molar-refractivity contribution in [2.24, 2.45) is 0 Å². The molecule has 2 N–H and O–H groups in total. The van der Waals surface area contributed by atoms with Crippen LogP contribution in [0, 0.1) is 10.1 Å². The normalized spacial score (nSPS) is 17.2. The van der Waals surface area contributed by atoms with E-state index in [2.05, 4.69) is 49.7 Å². The van der Waals surface area contributed by atoms with Crippen molar-refractivity contribution in [3.63, 3.8) is 0 Å². The van der Waals surface area contributed by atoms with Crippen LogP contribution >= 0.6 is 15.9 Å². The first-order valence-corrected chi connectivity index (χ1v) is 14.2. The van der Waals surface area contributed by atoms with Gasteiger partial charge in [0.1, 0.15) is 23.4 Å². The van der Waals surface area contributed by atoms with E-state index in [0.29, 0.717) is 11.5 Å². The molecule has 0 aliphatic carbocycles. The largest absolute Gasteiger partial charge is 0.489 e. The minimum absolute atomic E-state index is 0.0271. The van der Waals surface area contributed by atoms with Crippen molar-refractivity contribution in [2.45, 2.75) is 50.8 Å². The van der Waals surface area contributed by atoms with Gasteiger partial charge in [-0.3, -0.25) is 19.8 Å². The summed E-state index contributed by atoms with van der Waals surface area (Å²) in [5.41, 5.74) is 2.00. The molecule has 1 amide bonds. The number of carbonyl (C=O) groups excluding carboxylic acids is 1. The third kappa shape index (κ3) is 7.46. The molecule has 0 radical (unpaired) electrons. The van der Waals surface area contributed by atoms with Crippen molar-refractivity contribution in [1.29, 1.82) is 0 Å². The van der Waals surface area contributed by atoms with Gasteiger partial charge >= 0.3 is 0 Å². The number of halogens is 1. The zero-order valence-corrected chi connectivity index (χ0v) is 23.3. The van der Waals surface area contributed by atoms with Crippen LogP contribution in [0.5, 0.6) is 5.75 Å². The first-order chi connectivity index (χ1) is 18.9. The molecule has 5 rings (SSSR count). The topological polar surface area (TPSA) is 110 Å². The highest BCUT2D eigenvalue weighted by Gasteiger charge is 2.22. The summed E-state index contributed by atoms with van der Waals surface area (Å²) in [5.74, 6) is 1.99. The van der Waals surface area contributed by atoms with E-state index in [9.17, 15) is 14.9 Å². The van der Waals surface area contributed by atoms with E-state index in [1.807, 2.05) is 0 Å². The highest BCUT2D eigenvalue weighted by atomic mass is 79.9. The summed E-state index contributed by atoms with van der Waals surface area (Å²) in [6.45, 7) is 4.71. The van der Waals surface area contributed by atoms with Gasteiger partial charge in [0.2, 0.25) is 5.91 Å². The molecule has 206 valence electrons. The Morgan fingerprint density at radius 1 is 1.08 bits per heavy atom. The predicted molar refractivity (Wildman–Crippen MR) is 152 cm³/mol. The van der Waals surface area contributed by atoms with E-state index in [-0.39, 0.29) is 30.2 Å². The molecule has 2 fully saturated rings. The second-order valence-electron chi connectivity index (χ2n) is 10.2. The van der Waals surface area contributed by atoms with Crippen molar-refractivity contribution in [2.75, 3.05) is 26.2 Å². The molecular weight excluding hydrogens is 564 g/mol. The number of hydrogen-bond acceptors (Lipinski definition) is 7. The van der Waals surface area contributed by atoms with Crippen LogP contribution in [0.2, 0.25) is 0 Å². The lowest BCUT2D eigenvalue weighted by molar-refractivity contribution is -0.384. The molecule has 3 heterocycles. The number of piperidine rings is 2. The van der Waals surface area contributed by atoms with Crippen LogP contribution in [0.4, 0.5) is 5.69 Å². The Hall–Kier alpha value is -3.21. The number of rotatable bonds is 9. The minimum Gasteiger partial charge on any atom is -0.489 e. The number of nitro benzene ring substituents is 1. The summed E-state index contributed by atoms with van der Waals surface area (Å²) in [4.78, 5) is 25.5. The number of amides is 1. The van der Waals surface area contributed by atoms with E-state index in [4.69, 9.17) is 9.15 Å². The zero-order valence-electron chi connectivity index (χ0n) is 21.7. The minimum atomic E-state index is -0.436. The Labute approximate surface area is 236 Å². The number of hydrogen-bond donors (Lipinski definition) is 2. The molecule has 3 aromatic rings. The maximum absolute atomic E-state index is 12.7. The Balaban J connectivity index is 1.05. The van der Waals surface area contributed by atoms with Crippen molar-refractivity contribution in [3.05, 3.63) is 80.5 Å². The molecule has 2 aromatic carbocycles. The number of nitrogens with one attached hydrogen (secondary N) is 2. The maximum atomic E-state index is 12.7. The number of nitrogens with zero attached hydrogens (tertiary/aromatic N) is 2. The van der Waals surface area contributed by atoms with Gasteiger partial charge in [0.05, 0.1) is 15.8 Å². The molecule has 0 saturated carbocycles. The van der Waals surface area contributed by atoms with Gasteiger partial charge < -0.3 is 19.8 Å². The van der Waals surface area contributed by atoms with Crippen molar-refractivity contribution >= 4 is 27.5 Å². The van der Waals surface area contributed by atoms with Crippen LogP contribution < -0.4 is 15.4 Å². The number of furan rings is 1. The van der Waals surface area contributed by atoms with Crippen molar-refractivity contribution in [3.8, 4) is 17.1 Å². The Morgan fingerprint density at radius 3 is 2.51 bits per heavy atom. The molecule has 0 atom stereocenters. The van der Waals surface area contributed by atoms with Crippen LogP contribution in [-0.2, 0) is 17.8 Å². The second kappa shape index (κ2) is 12.8. The lowest BCUT2D eigenvalue weighted by Crippen LogP contribution is -2.44. The van der Waals surface area contributed by atoms with E-state index < -0.39 is 4.92 Å². The molecule has 0 unspecified atom stereocenters. The van der Waals surface area contributed by atoms with Gasteiger partial charge in [-0.15, -0.1) is 0 Å². The van der Waals surface area contributed by atoms with Gasteiger partial charge in [-0.25, -0.2) is 0 Å². The van der Waals surface area contributed by atoms with E-state index >= 15 is 0 Å². The fraction of sp³-hybridized carbons (Fsp3) is 0.414. The highest BCUT2D eigenvalue weighted by Crippen LogP contribution is 2.29. The Morgan fingerprint density at radius 2 is 1.82 bits per heavy atom. The molecule has 10 heteroatoms. The first-order valence-electron chi connectivity index (χ1n) is 13.4. The lowest BCUT2D eigenvalue weighted by Gasteiger charge is -2.32. The predicted octanol–water partition coefficient (Wildman–Crippen LogP) is 5.07. The number of nitro groups is 1. The summed E-state index contributed by atoms with van der Waals surface area (Å²) < 4.78 is 13.0. The highest BCUT2D eigenvalue weighted by molar-refractivity contribution is 9.10. The quantitative estimate of drug-likeness (QED) is 0.262. The van der Waals surface area contributed by atoms with Crippen LogP contribution in [0.1, 0.15) is 37.0 Å². The van der Waals surface area contributed by atoms with E-state index in [1.54, 1.807) is 24.3 Å². The maximum Gasteiger partial charge on any atom is 0.269 e. The summed E-state index contributed by atoms with van der Waals surface area (Å²) in [6, 6.07) is 16.2. The van der Waals surface area contributed by atoms with E-state index in [1.165, 1.54) is 17.7 Å². The number of likely N-dealkylation sites (tertiary alicyclic amines) is 1. The Bertz CT molecular complexity index is 1280. The SMILES string of the molecule is O=C(Cc1ccc(-c2ccc([N+](=O)[O-])cc2)o1)NC1CCN(Cc2ccc(OC3CCNCC3)c(Br)c2)CC1. The van der Waals surface area contributed by atoms with Crippen LogP contribution in [0.25, 0.3) is 11.3 Å². The molecule has 2 saturated heterocycles. The second-order valence-corrected chi connectivity index (χ2v) is 11.1. The van der Waals surface area contributed by atoms with Gasteiger partial charge in [0.25, 0.3) is 5.69 Å². The molecule has 2 aliphatic heterocycles. The van der Waals surface area contributed by atoms with Gasteiger partial charge in [0, 0.05) is 43.4 Å². The molecule has 0 spiro atoms. The zero-order chi connectivity index (χ0) is 27.2. The summed E-state index contributed by atoms with van der Waals surface area (Å²) in [6.07, 6.45) is 4.29. The molecule has 2 aliphatic rings. The van der Waals surface area contributed by atoms with Crippen molar-refractivity contribution in [1.82, 2.24) is 15.5 Å². The summed E-state index contributed by atoms with van der Waals surface area (Å²) in [5, 5.41) is 17.4. The average Bonchev–Trinajstić information content (AvgIpc) is 3.40. The lowest BCUT2D eigenvalue weighted by atomic mass is 10.0. The monoisotopic (exact) mass is 596 g/mol. The van der Waals surface area contributed by atoms with Crippen LogP contribution in [0.3, 0.4) is 0 Å². The van der Waals surface area contributed by atoms with Gasteiger partial charge in [-0.1, -0.05) is 6.07 Å². The molecule has 0 bridgehead atoms. The molecule has 1 aromatic heterocycles. The fourth-order valence-corrected chi connectivity index (χ4v) is 5.66. The number of carbonyl (C=O) groups is 1. The first kappa shape index (κ1) is 27.4. The summed E-state index contributed by atoms with van der Waals surface area (Å²) in [7, 11) is 0. The van der Waals surface area contributed by atoms with Gasteiger partial charge in [-0.2, -0.15) is 0 Å². The van der Waals surface area contributed by atoms with Crippen LogP contribution in [-0.4, -0.2) is 54.1 Å². The van der Waals surface area contributed by atoms with Gasteiger partial charge in [-0.05, 0) is 96.7 Å². The Kier molecular flexibility index (Phi) is 8.95. The van der Waals surface area contributed by atoms with Crippen molar-refractivity contribution < 1.29 is 18.9 Å². The third-order valence-electron chi connectivity index (χ3n) is 7.29. The van der Waals surface area contributed by atoms with E-state index in [0.717, 1.165) is 74.2 Å². The molecule has 9 nitrogen and oxygen atoms in total. The molecule has 39 heavy (non-hydrogen) atoms. The number of ether oxygens (including phenoxy) is 1.